The average molecular weight is 226 g/mol. The van der Waals surface area contributed by atoms with Crippen molar-refractivity contribution < 1.29 is 19.0 Å². The minimum atomic E-state index is -0.464. The molecule has 1 aliphatic heterocycles. The van der Waals surface area contributed by atoms with Crippen LogP contribution in [0.25, 0.3) is 0 Å². The Balaban J connectivity index is 2.10. The summed E-state index contributed by atoms with van der Waals surface area (Å²) >= 11 is 0. The highest BCUT2D eigenvalue weighted by molar-refractivity contribution is 5.87. The van der Waals surface area contributed by atoms with Crippen molar-refractivity contribution in [2.24, 2.45) is 11.8 Å². The van der Waals surface area contributed by atoms with Crippen LogP contribution in [-0.2, 0) is 19.0 Å². The second-order valence-corrected chi connectivity index (χ2v) is 4.56. The third-order valence-corrected chi connectivity index (χ3v) is 3.44. The molecule has 2 atom stereocenters. The normalized spacial score (nSPS) is 32.6. The molecule has 90 valence electrons. The van der Waals surface area contributed by atoms with E-state index in [4.69, 9.17) is 9.47 Å². The maximum atomic E-state index is 11.3. The van der Waals surface area contributed by atoms with Gasteiger partial charge in [-0.25, -0.2) is 4.79 Å². The Kier molecular flexibility index (Phi) is 3.04. The van der Waals surface area contributed by atoms with Crippen LogP contribution in [-0.4, -0.2) is 32.1 Å². The molecule has 0 aromatic heterocycles. The minimum absolute atomic E-state index is 0.161. The Labute approximate surface area is 95.6 Å². The number of methoxy groups -OCH3 is 1. The summed E-state index contributed by atoms with van der Waals surface area (Å²) < 4.78 is 16.0. The summed E-state index contributed by atoms with van der Waals surface area (Å²) in [6.07, 6.45) is 2.83. The van der Waals surface area contributed by atoms with Gasteiger partial charge in [-0.3, -0.25) is 0 Å². The Morgan fingerprint density at radius 2 is 2.06 bits per heavy atom. The molecule has 0 radical (unpaired) electrons. The first-order valence-electron chi connectivity index (χ1n) is 5.64. The number of hydrogen-bond donors (Lipinski definition) is 0. The van der Waals surface area contributed by atoms with Gasteiger partial charge in [-0.2, -0.15) is 0 Å². The lowest BCUT2D eigenvalue weighted by Gasteiger charge is -2.48. The third kappa shape index (κ3) is 1.76. The van der Waals surface area contributed by atoms with Gasteiger partial charge in [0.25, 0.3) is 0 Å². The van der Waals surface area contributed by atoms with Gasteiger partial charge < -0.3 is 14.2 Å². The van der Waals surface area contributed by atoms with Crippen LogP contribution in [0.1, 0.15) is 20.3 Å². The van der Waals surface area contributed by atoms with Crippen LogP contribution >= 0.6 is 0 Å². The molecule has 0 bridgehead atoms. The summed E-state index contributed by atoms with van der Waals surface area (Å²) in [5.41, 5.74) is 0.623. The first-order chi connectivity index (χ1) is 7.59. The highest BCUT2D eigenvalue weighted by Crippen LogP contribution is 2.50. The van der Waals surface area contributed by atoms with Crippen molar-refractivity contribution in [3.63, 3.8) is 0 Å². The summed E-state index contributed by atoms with van der Waals surface area (Å²) in [5.74, 6) is -0.103. The molecular weight excluding hydrogens is 208 g/mol. The minimum Gasteiger partial charge on any atom is -0.466 e. The molecule has 1 heterocycles. The fourth-order valence-electron chi connectivity index (χ4n) is 2.56. The summed E-state index contributed by atoms with van der Waals surface area (Å²) in [4.78, 5) is 11.3. The molecule has 4 heteroatoms. The largest absolute Gasteiger partial charge is 0.466 e. The van der Waals surface area contributed by atoms with Crippen LogP contribution in [0.4, 0.5) is 0 Å². The summed E-state index contributed by atoms with van der Waals surface area (Å²) in [6, 6.07) is 0. The highest BCUT2D eigenvalue weighted by atomic mass is 16.7. The fourth-order valence-corrected chi connectivity index (χ4v) is 2.56. The lowest BCUT2D eigenvalue weighted by Crippen LogP contribution is -2.53. The van der Waals surface area contributed by atoms with E-state index < -0.39 is 5.79 Å². The molecule has 0 unspecified atom stereocenters. The number of esters is 1. The van der Waals surface area contributed by atoms with E-state index in [-0.39, 0.29) is 11.9 Å². The van der Waals surface area contributed by atoms with E-state index in [0.29, 0.717) is 24.7 Å². The van der Waals surface area contributed by atoms with E-state index in [1.165, 1.54) is 7.11 Å². The van der Waals surface area contributed by atoms with Crippen molar-refractivity contribution in [2.45, 2.75) is 26.1 Å². The fraction of sp³-hybridized carbons (Fsp3) is 0.750. The van der Waals surface area contributed by atoms with Gasteiger partial charge in [-0.1, -0.05) is 13.0 Å². The third-order valence-electron chi connectivity index (χ3n) is 3.44. The maximum Gasteiger partial charge on any atom is 0.333 e. The standard InChI is InChI=1S/C12H18O4/c1-8(11(13)14-3)6-10-9(2)7-12(10)15-4-5-16-12/h6,9-10H,4-5,7H2,1-3H3/b8-6+/t9-,10+/m1/s1. The number of ether oxygens (including phenoxy) is 3. The van der Waals surface area contributed by atoms with Crippen molar-refractivity contribution in [1.82, 2.24) is 0 Å². The summed E-state index contributed by atoms with van der Waals surface area (Å²) in [7, 11) is 1.39. The van der Waals surface area contributed by atoms with Crippen LogP contribution in [0.3, 0.4) is 0 Å². The zero-order chi connectivity index (χ0) is 11.8. The molecule has 4 nitrogen and oxygen atoms in total. The molecule has 1 spiro atoms. The quantitative estimate of drug-likeness (QED) is 0.529. The van der Waals surface area contributed by atoms with Crippen molar-refractivity contribution >= 4 is 5.97 Å². The molecule has 0 aromatic carbocycles. The number of carbonyl (C=O) groups is 1. The molecule has 0 aromatic rings. The van der Waals surface area contributed by atoms with Gasteiger partial charge >= 0.3 is 5.97 Å². The predicted octanol–water partition coefficient (Wildman–Crippen LogP) is 1.50. The number of carbonyl (C=O) groups excluding carboxylic acids is 1. The summed E-state index contributed by atoms with van der Waals surface area (Å²) in [6.45, 7) is 5.20. The van der Waals surface area contributed by atoms with E-state index in [9.17, 15) is 4.79 Å². The molecular formula is C12H18O4. The van der Waals surface area contributed by atoms with Gasteiger partial charge in [-0.05, 0) is 12.8 Å². The Morgan fingerprint density at radius 3 is 2.56 bits per heavy atom. The second kappa shape index (κ2) is 4.18. The van der Waals surface area contributed by atoms with Gasteiger partial charge in [0, 0.05) is 17.9 Å². The van der Waals surface area contributed by atoms with Gasteiger partial charge in [0.05, 0.1) is 20.3 Å². The topological polar surface area (TPSA) is 44.8 Å². The monoisotopic (exact) mass is 226 g/mol. The SMILES string of the molecule is COC(=O)/C(C)=C/[C@H]1[C@H](C)CC12OCCO2. The lowest BCUT2D eigenvalue weighted by molar-refractivity contribution is -0.258. The summed E-state index contributed by atoms with van der Waals surface area (Å²) in [5, 5.41) is 0. The number of hydrogen-bond acceptors (Lipinski definition) is 4. The zero-order valence-corrected chi connectivity index (χ0v) is 9.99. The highest BCUT2D eigenvalue weighted by Gasteiger charge is 2.55. The second-order valence-electron chi connectivity index (χ2n) is 4.56. The Hall–Kier alpha value is -0.870. The molecule has 2 rings (SSSR count). The van der Waals surface area contributed by atoms with Crippen molar-refractivity contribution in [1.29, 1.82) is 0 Å². The van der Waals surface area contributed by atoms with Crippen LogP contribution in [0.2, 0.25) is 0 Å². The molecule has 1 saturated carbocycles. The van der Waals surface area contributed by atoms with Crippen LogP contribution in [0, 0.1) is 11.8 Å². The Bertz CT molecular complexity index is 315. The Morgan fingerprint density at radius 1 is 1.44 bits per heavy atom. The van der Waals surface area contributed by atoms with Gasteiger partial charge in [0.2, 0.25) is 0 Å². The predicted molar refractivity (Wildman–Crippen MR) is 57.7 cm³/mol. The van der Waals surface area contributed by atoms with Crippen LogP contribution < -0.4 is 0 Å². The molecule has 1 aliphatic carbocycles. The average Bonchev–Trinajstić information content (AvgIpc) is 2.75. The van der Waals surface area contributed by atoms with E-state index in [2.05, 4.69) is 11.7 Å². The molecule has 1 saturated heterocycles. The lowest BCUT2D eigenvalue weighted by atomic mass is 9.68. The van der Waals surface area contributed by atoms with Crippen LogP contribution in [0.15, 0.2) is 11.6 Å². The van der Waals surface area contributed by atoms with E-state index in [1.54, 1.807) is 6.92 Å². The van der Waals surface area contributed by atoms with E-state index in [1.807, 2.05) is 6.08 Å². The maximum absolute atomic E-state index is 11.3. The first kappa shape index (κ1) is 11.6. The van der Waals surface area contributed by atoms with Gasteiger partial charge in [0.15, 0.2) is 5.79 Å². The van der Waals surface area contributed by atoms with Crippen molar-refractivity contribution in [3.8, 4) is 0 Å². The van der Waals surface area contributed by atoms with Crippen molar-refractivity contribution in [3.05, 3.63) is 11.6 Å². The van der Waals surface area contributed by atoms with Gasteiger partial charge in [-0.15, -0.1) is 0 Å². The molecule has 0 amide bonds. The molecule has 2 fully saturated rings. The van der Waals surface area contributed by atoms with Gasteiger partial charge in [0.1, 0.15) is 0 Å². The van der Waals surface area contributed by atoms with E-state index >= 15 is 0 Å². The van der Waals surface area contributed by atoms with Crippen molar-refractivity contribution in [2.75, 3.05) is 20.3 Å². The number of rotatable bonds is 2. The zero-order valence-electron chi connectivity index (χ0n) is 9.99. The molecule has 16 heavy (non-hydrogen) atoms. The smallest absolute Gasteiger partial charge is 0.333 e. The first-order valence-corrected chi connectivity index (χ1v) is 5.64. The van der Waals surface area contributed by atoms with E-state index in [0.717, 1.165) is 6.42 Å². The molecule has 0 N–H and O–H groups in total. The molecule has 2 aliphatic rings. The van der Waals surface area contributed by atoms with Crippen LogP contribution in [0.5, 0.6) is 0 Å².